The molecule has 0 aromatic heterocycles. The summed E-state index contributed by atoms with van der Waals surface area (Å²) in [5.41, 5.74) is 1.21. The molecule has 1 aromatic rings. The van der Waals surface area contributed by atoms with Crippen LogP contribution >= 0.6 is 0 Å². The molecule has 0 bridgehead atoms. The summed E-state index contributed by atoms with van der Waals surface area (Å²) in [6.07, 6.45) is -0.911. The second-order valence-corrected chi connectivity index (χ2v) is 4.40. The van der Waals surface area contributed by atoms with Crippen LogP contribution < -0.4 is 4.74 Å². The topological polar surface area (TPSA) is 55.8 Å². The summed E-state index contributed by atoms with van der Waals surface area (Å²) in [7, 11) is 0. The van der Waals surface area contributed by atoms with Crippen molar-refractivity contribution in [2.45, 2.75) is 26.2 Å². The average Bonchev–Trinajstić information content (AvgIpc) is 2.17. The maximum atomic E-state index is 10.9. The Hall–Kier alpha value is -1.55. The number of ether oxygens (including phenoxy) is 2. The summed E-state index contributed by atoms with van der Waals surface area (Å²) >= 11 is 0. The molecule has 0 radical (unpaired) electrons. The smallest absolute Gasteiger partial charge is 0.407 e. The lowest BCUT2D eigenvalue weighted by atomic mass is 9.87. The zero-order valence-corrected chi connectivity index (χ0v) is 9.69. The molecule has 0 aliphatic rings. The van der Waals surface area contributed by atoms with Crippen LogP contribution in [-0.4, -0.2) is 18.1 Å². The molecule has 0 saturated heterocycles. The number of rotatable bonds is 2. The van der Waals surface area contributed by atoms with E-state index in [2.05, 4.69) is 25.5 Å². The van der Waals surface area contributed by atoms with E-state index in [9.17, 15) is 4.79 Å². The van der Waals surface area contributed by atoms with Crippen LogP contribution in [0.3, 0.4) is 0 Å². The summed E-state index contributed by atoms with van der Waals surface area (Å²) in [6.45, 7) is 5.62. The first-order chi connectivity index (χ1) is 7.43. The van der Waals surface area contributed by atoms with Crippen molar-refractivity contribution in [1.29, 1.82) is 0 Å². The van der Waals surface area contributed by atoms with E-state index in [-0.39, 0.29) is 5.41 Å². The predicted octanol–water partition coefficient (Wildman–Crippen LogP) is 2.45. The summed E-state index contributed by atoms with van der Waals surface area (Å²) in [5.74, 6) is 0.395. The number of carbonyl (C=O) groups is 1. The van der Waals surface area contributed by atoms with Gasteiger partial charge in [0, 0.05) is 0 Å². The van der Waals surface area contributed by atoms with E-state index >= 15 is 0 Å². The fourth-order valence-electron chi connectivity index (χ4n) is 1.20. The minimum absolute atomic E-state index is 0.0597. The van der Waals surface area contributed by atoms with Gasteiger partial charge in [-0.15, -0.1) is 0 Å². The molecule has 0 spiro atoms. The monoisotopic (exact) mass is 224 g/mol. The van der Waals surface area contributed by atoms with Gasteiger partial charge in [0.1, 0.15) is 5.75 Å². The Morgan fingerprint density at radius 2 is 1.81 bits per heavy atom. The zero-order chi connectivity index (χ0) is 12.2. The molecule has 1 rings (SSSR count). The maximum Gasteiger partial charge on any atom is 0.515 e. The van der Waals surface area contributed by atoms with Crippen molar-refractivity contribution >= 4 is 6.16 Å². The van der Waals surface area contributed by atoms with Crippen LogP contribution in [0.1, 0.15) is 26.3 Å². The Kier molecular flexibility index (Phi) is 3.90. The Bertz CT molecular complexity index is 348. The molecular weight excluding hydrogens is 208 g/mol. The van der Waals surface area contributed by atoms with Gasteiger partial charge in [-0.05, 0) is 23.1 Å². The second-order valence-electron chi connectivity index (χ2n) is 4.40. The van der Waals surface area contributed by atoms with E-state index in [1.165, 1.54) is 0 Å². The fraction of sp³-hybridized carbons (Fsp3) is 0.417. The highest BCUT2D eigenvalue weighted by Crippen LogP contribution is 2.24. The number of benzene rings is 1. The van der Waals surface area contributed by atoms with Crippen LogP contribution in [0.15, 0.2) is 24.3 Å². The highest BCUT2D eigenvalue weighted by molar-refractivity contribution is 5.63. The molecule has 1 N–H and O–H groups in total. The molecule has 0 atom stereocenters. The number of carbonyl (C=O) groups excluding carboxylic acids is 1. The van der Waals surface area contributed by atoms with Gasteiger partial charge in [0.05, 0.1) is 0 Å². The molecular formula is C12H16O4. The molecule has 0 unspecified atom stereocenters. The van der Waals surface area contributed by atoms with E-state index in [1.54, 1.807) is 12.1 Å². The Labute approximate surface area is 94.8 Å². The molecule has 88 valence electrons. The molecule has 16 heavy (non-hydrogen) atoms. The Balaban J connectivity index is 2.69. The number of hydrogen-bond donors (Lipinski definition) is 1. The van der Waals surface area contributed by atoms with Gasteiger partial charge in [-0.1, -0.05) is 32.9 Å². The number of hydrogen-bond acceptors (Lipinski definition) is 4. The molecule has 4 heteroatoms. The van der Waals surface area contributed by atoms with Gasteiger partial charge in [-0.3, -0.25) is 0 Å². The van der Waals surface area contributed by atoms with Crippen molar-refractivity contribution in [2.24, 2.45) is 0 Å². The first-order valence-corrected chi connectivity index (χ1v) is 4.99. The van der Waals surface area contributed by atoms with E-state index in [4.69, 9.17) is 9.84 Å². The maximum absolute atomic E-state index is 10.9. The SMILES string of the molecule is CC(C)(C)c1ccc(OC(=O)OCO)cc1. The second kappa shape index (κ2) is 4.99. The van der Waals surface area contributed by atoms with Crippen LogP contribution in [-0.2, 0) is 10.2 Å². The lowest BCUT2D eigenvalue weighted by molar-refractivity contribution is 0.0184. The predicted molar refractivity (Wildman–Crippen MR) is 59.3 cm³/mol. The molecule has 0 amide bonds. The molecule has 4 nitrogen and oxygen atoms in total. The first kappa shape index (κ1) is 12.5. The van der Waals surface area contributed by atoms with Crippen LogP contribution in [0, 0.1) is 0 Å². The van der Waals surface area contributed by atoms with E-state index in [0.29, 0.717) is 5.75 Å². The summed E-state index contributed by atoms with van der Waals surface area (Å²) in [4.78, 5) is 10.9. The quantitative estimate of drug-likeness (QED) is 0.476. The number of aliphatic hydroxyl groups excluding tert-OH is 1. The van der Waals surface area contributed by atoms with E-state index in [0.717, 1.165) is 5.56 Å². The third-order valence-corrected chi connectivity index (χ3v) is 2.10. The molecule has 0 aliphatic carbocycles. The largest absolute Gasteiger partial charge is 0.515 e. The van der Waals surface area contributed by atoms with Gasteiger partial charge in [0.2, 0.25) is 0 Å². The zero-order valence-electron chi connectivity index (χ0n) is 9.69. The van der Waals surface area contributed by atoms with Crippen LogP contribution in [0.2, 0.25) is 0 Å². The highest BCUT2D eigenvalue weighted by atomic mass is 16.8. The van der Waals surface area contributed by atoms with Gasteiger partial charge in [-0.2, -0.15) is 0 Å². The molecule has 0 fully saturated rings. The minimum atomic E-state index is -0.911. The third kappa shape index (κ3) is 3.55. The van der Waals surface area contributed by atoms with Gasteiger partial charge in [0.15, 0.2) is 6.79 Å². The van der Waals surface area contributed by atoms with Crippen LogP contribution in [0.25, 0.3) is 0 Å². The van der Waals surface area contributed by atoms with Gasteiger partial charge < -0.3 is 14.6 Å². The molecule has 1 aromatic carbocycles. The highest BCUT2D eigenvalue weighted by Gasteiger charge is 2.13. The fourth-order valence-corrected chi connectivity index (χ4v) is 1.20. The molecule has 0 aliphatic heterocycles. The molecule has 0 saturated carbocycles. The Morgan fingerprint density at radius 1 is 1.25 bits per heavy atom. The van der Waals surface area contributed by atoms with Crippen molar-refractivity contribution < 1.29 is 19.4 Å². The van der Waals surface area contributed by atoms with Crippen molar-refractivity contribution in [3.63, 3.8) is 0 Å². The summed E-state index contributed by atoms with van der Waals surface area (Å²) < 4.78 is 9.04. The lowest BCUT2D eigenvalue weighted by Gasteiger charge is -2.18. The third-order valence-electron chi connectivity index (χ3n) is 2.10. The summed E-state index contributed by atoms with van der Waals surface area (Å²) in [6, 6.07) is 7.17. The van der Waals surface area contributed by atoms with Gasteiger partial charge in [0.25, 0.3) is 0 Å². The van der Waals surface area contributed by atoms with Gasteiger partial charge in [-0.25, -0.2) is 4.79 Å². The van der Waals surface area contributed by atoms with Crippen molar-refractivity contribution in [2.75, 3.05) is 6.79 Å². The normalized spacial score (nSPS) is 11.0. The average molecular weight is 224 g/mol. The minimum Gasteiger partial charge on any atom is -0.407 e. The van der Waals surface area contributed by atoms with E-state index < -0.39 is 12.9 Å². The van der Waals surface area contributed by atoms with Crippen LogP contribution in [0.5, 0.6) is 5.75 Å². The van der Waals surface area contributed by atoms with Crippen molar-refractivity contribution in [1.82, 2.24) is 0 Å². The van der Waals surface area contributed by atoms with E-state index in [1.807, 2.05) is 12.1 Å². The van der Waals surface area contributed by atoms with Crippen LogP contribution in [0.4, 0.5) is 4.79 Å². The van der Waals surface area contributed by atoms with Crippen molar-refractivity contribution in [3.05, 3.63) is 29.8 Å². The van der Waals surface area contributed by atoms with Crippen molar-refractivity contribution in [3.8, 4) is 5.75 Å². The number of aliphatic hydroxyl groups is 1. The van der Waals surface area contributed by atoms with Gasteiger partial charge >= 0.3 is 6.16 Å². The summed E-state index contributed by atoms with van der Waals surface area (Å²) in [5, 5.41) is 8.34. The standard InChI is InChI=1S/C12H16O4/c1-12(2,3)9-4-6-10(7-5-9)16-11(14)15-8-13/h4-7,13H,8H2,1-3H3. The molecule has 0 heterocycles. The Morgan fingerprint density at radius 3 is 2.25 bits per heavy atom. The lowest BCUT2D eigenvalue weighted by Crippen LogP contribution is -2.12. The first-order valence-electron chi connectivity index (χ1n) is 4.99.